The zero-order chi connectivity index (χ0) is 13.0. The molecule has 0 aliphatic carbocycles. The fraction of sp³-hybridized carbons (Fsp3) is 0.167. The number of hydrogen-bond donors (Lipinski definition) is 0. The number of halogens is 1. The molecule has 0 spiro atoms. The molecule has 2 aromatic rings. The van der Waals surface area contributed by atoms with Gasteiger partial charge in [-0.05, 0) is 24.6 Å². The van der Waals surface area contributed by atoms with Gasteiger partial charge in [0.05, 0.1) is 7.11 Å². The van der Waals surface area contributed by atoms with Crippen molar-refractivity contribution in [2.24, 2.45) is 4.99 Å². The van der Waals surface area contributed by atoms with E-state index < -0.39 is 0 Å². The molecule has 2 rings (SSSR count). The zero-order valence-corrected chi connectivity index (χ0v) is 10.7. The number of nitrogens with zero attached hydrogens (tertiary/aromatic N) is 4. The maximum Gasteiger partial charge on any atom is 0.321 e. The summed E-state index contributed by atoms with van der Waals surface area (Å²) in [6.45, 7) is 1.76. The van der Waals surface area contributed by atoms with Crippen LogP contribution in [0.5, 0.6) is 6.01 Å². The van der Waals surface area contributed by atoms with Crippen LogP contribution in [0.1, 0.15) is 11.4 Å². The van der Waals surface area contributed by atoms with E-state index in [1.165, 1.54) is 7.11 Å². The predicted molar refractivity (Wildman–Crippen MR) is 69.8 cm³/mol. The average molecular weight is 263 g/mol. The molecule has 0 saturated carbocycles. The largest absolute Gasteiger partial charge is 0.467 e. The van der Waals surface area contributed by atoms with Crippen LogP contribution < -0.4 is 4.74 Å². The summed E-state index contributed by atoms with van der Waals surface area (Å²) < 4.78 is 4.95. The molecule has 5 nitrogen and oxygen atoms in total. The molecule has 0 atom stereocenters. The fourth-order valence-electron chi connectivity index (χ4n) is 1.27. The summed E-state index contributed by atoms with van der Waals surface area (Å²) >= 11 is 5.80. The fourth-order valence-corrected chi connectivity index (χ4v) is 1.40. The number of hydrogen-bond acceptors (Lipinski definition) is 5. The monoisotopic (exact) mass is 262 g/mol. The smallest absolute Gasteiger partial charge is 0.321 e. The minimum absolute atomic E-state index is 0.255. The van der Waals surface area contributed by atoms with Crippen LogP contribution in [0.15, 0.2) is 29.3 Å². The molecule has 0 unspecified atom stereocenters. The van der Waals surface area contributed by atoms with Crippen LogP contribution in [-0.2, 0) is 0 Å². The molecule has 0 saturated heterocycles. The number of aryl methyl sites for hydroxylation is 1. The van der Waals surface area contributed by atoms with Gasteiger partial charge < -0.3 is 4.74 Å². The zero-order valence-electron chi connectivity index (χ0n) is 9.96. The topological polar surface area (TPSA) is 60.3 Å². The quantitative estimate of drug-likeness (QED) is 0.798. The molecule has 0 fully saturated rings. The van der Waals surface area contributed by atoms with Crippen LogP contribution in [0.2, 0.25) is 5.02 Å². The van der Waals surface area contributed by atoms with E-state index in [0.29, 0.717) is 16.8 Å². The van der Waals surface area contributed by atoms with Crippen molar-refractivity contribution in [3.8, 4) is 6.01 Å². The van der Waals surface area contributed by atoms with E-state index in [9.17, 15) is 0 Å². The van der Waals surface area contributed by atoms with Gasteiger partial charge in [-0.2, -0.15) is 15.0 Å². The lowest BCUT2D eigenvalue weighted by atomic mass is 10.2. The predicted octanol–water partition coefficient (Wildman–Crippen LogP) is 2.59. The number of benzene rings is 1. The van der Waals surface area contributed by atoms with Crippen LogP contribution in [0.3, 0.4) is 0 Å². The van der Waals surface area contributed by atoms with Crippen LogP contribution in [-0.4, -0.2) is 28.3 Å². The Labute approximate surface area is 110 Å². The van der Waals surface area contributed by atoms with Crippen molar-refractivity contribution in [2.75, 3.05) is 7.11 Å². The van der Waals surface area contributed by atoms with Crippen molar-refractivity contribution < 1.29 is 4.74 Å². The molecule has 0 N–H and O–H groups in total. The highest BCUT2D eigenvalue weighted by Crippen LogP contribution is 2.11. The van der Waals surface area contributed by atoms with Gasteiger partial charge in [-0.1, -0.05) is 23.7 Å². The van der Waals surface area contributed by atoms with Crippen LogP contribution >= 0.6 is 11.6 Å². The molecule has 0 radical (unpaired) electrons. The van der Waals surface area contributed by atoms with E-state index in [1.807, 2.05) is 12.1 Å². The molecule has 0 amide bonds. The normalized spacial score (nSPS) is 10.8. The lowest BCUT2D eigenvalue weighted by Crippen LogP contribution is -1.97. The van der Waals surface area contributed by atoms with Crippen LogP contribution in [0.25, 0.3) is 0 Å². The molecule has 1 aromatic heterocycles. The highest BCUT2D eigenvalue weighted by molar-refractivity contribution is 6.30. The summed E-state index contributed by atoms with van der Waals surface area (Å²) in [6.07, 6.45) is 1.66. The number of ether oxygens (including phenoxy) is 1. The Balaban J connectivity index is 2.22. The van der Waals surface area contributed by atoms with Gasteiger partial charge in [-0.15, -0.1) is 0 Å². The van der Waals surface area contributed by atoms with Gasteiger partial charge in [0.1, 0.15) is 5.82 Å². The molecule has 18 heavy (non-hydrogen) atoms. The third-order valence-electron chi connectivity index (χ3n) is 2.10. The van der Waals surface area contributed by atoms with E-state index in [4.69, 9.17) is 16.3 Å². The van der Waals surface area contributed by atoms with E-state index >= 15 is 0 Å². The van der Waals surface area contributed by atoms with Crippen molar-refractivity contribution in [2.45, 2.75) is 6.92 Å². The molecule has 1 aromatic carbocycles. The molecule has 0 aliphatic heterocycles. The molecular weight excluding hydrogens is 252 g/mol. The second kappa shape index (κ2) is 5.55. The maximum absolute atomic E-state index is 5.80. The van der Waals surface area contributed by atoms with Crippen molar-refractivity contribution in [3.05, 3.63) is 40.7 Å². The van der Waals surface area contributed by atoms with Gasteiger partial charge in [0.25, 0.3) is 5.95 Å². The first-order chi connectivity index (χ1) is 8.67. The third-order valence-corrected chi connectivity index (χ3v) is 2.35. The molecule has 92 valence electrons. The number of aromatic nitrogens is 3. The lowest BCUT2D eigenvalue weighted by molar-refractivity contribution is 0.377. The third kappa shape index (κ3) is 3.24. The average Bonchev–Trinajstić information content (AvgIpc) is 2.37. The van der Waals surface area contributed by atoms with E-state index in [1.54, 1.807) is 25.3 Å². The Bertz CT molecular complexity index is 569. The second-order valence-corrected chi connectivity index (χ2v) is 3.92. The summed E-state index contributed by atoms with van der Waals surface area (Å²) in [4.78, 5) is 16.3. The van der Waals surface area contributed by atoms with Crippen molar-refractivity contribution in [1.82, 2.24) is 15.0 Å². The summed E-state index contributed by atoms with van der Waals surface area (Å²) in [5.74, 6) is 0.874. The first-order valence-electron chi connectivity index (χ1n) is 5.23. The minimum atomic E-state index is 0.255. The molecule has 6 heteroatoms. The molecule has 0 bridgehead atoms. The van der Waals surface area contributed by atoms with E-state index in [-0.39, 0.29) is 6.01 Å². The van der Waals surface area contributed by atoms with Crippen molar-refractivity contribution in [3.63, 3.8) is 0 Å². The van der Waals surface area contributed by atoms with E-state index in [0.717, 1.165) is 5.56 Å². The van der Waals surface area contributed by atoms with Crippen LogP contribution in [0, 0.1) is 6.92 Å². The SMILES string of the molecule is COc1nc(C)nc(/N=C/c2ccc(Cl)cc2)n1. The van der Waals surface area contributed by atoms with Gasteiger partial charge in [0.2, 0.25) is 0 Å². The first kappa shape index (κ1) is 12.4. The van der Waals surface area contributed by atoms with Crippen LogP contribution in [0.4, 0.5) is 5.95 Å². The standard InChI is InChI=1S/C12H11ClN4O/c1-8-15-11(17-12(16-8)18-2)14-7-9-3-5-10(13)6-4-9/h3-7H,1-2H3/b14-7+. The summed E-state index contributed by atoms with van der Waals surface area (Å²) in [5.41, 5.74) is 0.913. The summed E-state index contributed by atoms with van der Waals surface area (Å²) in [7, 11) is 1.50. The second-order valence-electron chi connectivity index (χ2n) is 3.48. The molecule has 1 heterocycles. The van der Waals surface area contributed by atoms with E-state index in [2.05, 4.69) is 19.9 Å². The van der Waals surface area contributed by atoms with Gasteiger partial charge in [0, 0.05) is 11.2 Å². The van der Waals surface area contributed by atoms with Crippen molar-refractivity contribution in [1.29, 1.82) is 0 Å². The number of rotatable bonds is 3. The molecule has 0 aliphatic rings. The highest BCUT2D eigenvalue weighted by atomic mass is 35.5. The minimum Gasteiger partial charge on any atom is -0.467 e. The Morgan fingerprint density at radius 2 is 1.89 bits per heavy atom. The van der Waals surface area contributed by atoms with Gasteiger partial charge in [-0.25, -0.2) is 4.99 Å². The summed E-state index contributed by atoms with van der Waals surface area (Å²) in [6, 6.07) is 7.56. The summed E-state index contributed by atoms with van der Waals surface area (Å²) in [5, 5.41) is 0.685. The Hall–Kier alpha value is -2.01. The Morgan fingerprint density at radius 3 is 2.56 bits per heavy atom. The Kier molecular flexibility index (Phi) is 3.84. The highest BCUT2D eigenvalue weighted by Gasteiger charge is 2.01. The first-order valence-corrected chi connectivity index (χ1v) is 5.61. The van der Waals surface area contributed by atoms with Crippen molar-refractivity contribution >= 4 is 23.8 Å². The number of aliphatic imine (C=N–C) groups is 1. The number of methoxy groups -OCH3 is 1. The lowest BCUT2D eigenvalue weighted by Gasteiger charge is -1.99. The van der Waals surface area contributed by atoms with Gasteiger partial charge >= 0.3 is 6.01 Å². The maximum atomic E-state index is 5.80. The van der Waals surface area contributed by atoms with Gasteiger partial charge in [0.15, 0.2) is 0 Å². The Morgan fingerprint density at radius 1 is 1.17 bits per heavy atom. The molecular formula is C12H11ClN4O. The van der Waals surface area contributed by atoms with Gasteiger partial charge in [-0.3, -0.25) is 0 Å².